The molecule has 1 spiro atoms. The summed E-state index contributed by atoms with van der Waals surface area (Å²) in [7, 11) is -3.02. The fourth-order valence-corrected chi connectivity index (χ4v) is 10.9. The van der Waals surface area contributed by atoms with E-state index in [2.05, 4.69) is 45.0 Å². The average molecular weight is 522 g/mol. The molecule has 1 aliphatic carbocycles. The van der Waals surface area contributed by atoms with Gasteiger partial charge in [-0.25, -0.2) is 0 Å². The van der Waals surface area contributed by atoms with Crippen molar-refractivity contribution in [1.29, 1.82) is 0 Å². The summed E-state index contributed by atoms with van der Waals surface area (Å²) in [4.78, 5) is 12.5. The zero-order chi connectivity index (χ0) is 24.6. The number of alkyl halides is 2. The van der Waals surface area contributed by atoms with Gasteiger partial charge in [0.1, 0.15) is 17.8 Å². The Balaban J connectivity index is 1.70. The van der Waals surface area contributed by atoms with Crippen LogP contribution in [0.2, 0.25) is 5.04 Å². The van der Waals surface area contributed by atoms with E-state index in [0.29, 0.717) is 0 Å². The van der Waals surface area contributed by atoms with Gasteiger partial charge in [-0.3, -0.25) is 4.79 Å². The van der Waals surface area contributed by atoms with Crippen molar-refractivity contribution in [1.82, 2.24) is 0 Å². The van der Waals surface area contributed by atoms with E-state index in [-0.39, 0.29) is 17.2 Å². The highest BCUT2D eigenvalue weighted by Gasteiger charge is 2.78. The lowest BCUT2D eigenvalue weighted by atomic mass is 9.73. The largest absolute Gasteiger partial charge is 0.398 e. The Bertz CT molecular complexity index is 1050. The van der Waals surface area contributed by atoms with Gasteiger partial charge >= 0.3 is 0 Å². The van der Waals surface area contributed by atoms with Gasteiger partial charge in [0.05, 0.1) is 0 Å². The molecule has 2 unspecified atom stereocenters. The summed E-state index contributed by atoms with van der Waals surface area (Å²) in [6.45, 7) is 10.2. The number of carbonyl (C=O) groups excluding carboxylic acids is 1. The van der Waals surface area contributed by atoms with Crippen LogP contribution in [-0.4, -0.2) is 48.3 Å². The monoisotopic (exact) mass is 520 g/mol. The molecule has 5 nitrogen and oxygen atoms in total. The van der Waals surface area contributed by atoms with E-state index in [9.17, 15) is 4.79 Å². The van der Waals surface area contributed by atoms with Crippen LogP contribution in [0.1, 0.15) is 41.0 Å². The van der Waals surface area contributed by atoms with Gasteiger partial charge in [0.25, 0.3) is 8.32 Å². The van der Waals surface area contributed by atoms with E-state index in [1.54, 1.807) is 0 Å². The van der Waals surface area contributed by atoms with Gasteiger partial charge in [0.2, 0.25) is 4.33 Å². The minimum absolute atomic E-state index is 0.0447. The standard InChI is InChI=1S/C26H30Cl2O5Si/c1-23(2,3)34(17-12-8-6-9-13-17,18-14-10-7-11-15-18)33-21-20-22(31-24(4,5)30-20)32-25(21)16-19(29)26(25,27)28/h6-15,20-22H,16H2,1-5H3/t20-,21?,22?,25+/m0/s1. The molecule has 4 atom stereocenters. The highest BCUT2D eigenvalue weighted by molar-refractivity contribution is 6.99. The summed E-state index contributed by atoms with van der Waals surface area (Å²) in [5.41, 5.74) is -1.26. The fourth-order valence-electron chi connectivity index (χ4n) is 5.62. The maximum absolute atomic E-state index is 12.5. The molecule has 1 saturated carbocycles. The summed E-state index contributed by atoms with van der Waals surface area (Å²) in [5.74, 6) is -1.15. The molecule has 3 aliphatic rings. The molecule has 0 aromatic heterocycles. The Morgan fingerprint density at radius 1 is 0.912 bits per heavy atom. The molecule has 0 amide bonds. The van der Waals surface area contributed by atoms with Crippen LogP contribution in [0.3, 0.4) is 0 Å². The van der Waals surface area contributed by atoms with Crippen LogP contribution in [0.15, 0.2) is 60.7 Å². The van der Waals surface area contributed by atoms with Gasteiger partial charge < -0.3 is 18.6 Å². The molecule has 5 rings (SSSR count). The van der Waals surface area contributed by atoms with E-state index in [1.807, 2.05) is 50.2 Å². The van der Waals surface area contributed by atoms with Crippen molar-refractivity contribution in [3.05, 3.63) is 60.7 Å². The smallest absolute Gasteiger partial charge is 0.261 e. The first-order valence-electron chi connectivity index (χ1n) is 11.6. The molecule has 34 heavy (non-hydrogen) atoms. The molecule has 182 valence electrons. The quantitative estimate of drug-likeness (QED) is 0.443. The summed E-state index contributed by atoms with van der Waals surface area (Å²) in [6.07, 6.45) is -1.98. The third-order valence-corrected chi connectivity index (χ3v) is 13.3. The maximum Gasteiger partial charge on any atom is 0.261 e. The Kier molecular flexibility index (Phi) is 5.66. The average Bonchev–Trinajstić information content (AvgIpc) is 3.22. The van der Waals surface area contributed by atoms with E-state index in [4.69, 9.17) is 41.8 Å². The van der Waals surface area contributed by atoms with Crippen LogP contribution in [0.5, 0.6) is 0 Å². The van der Waals surface area contributed by atoms with Crippen LogP contribution in [-0.2, 0) is 23.4 Å². The molecule has 2 aromatic rings. The first-order valence-corrected chi connectivity index (χ1v) is 14.2. The van der Waals surface area contributed by atoms with Crippen molar-refractivity contribution in [3.8, 4) is 0 Å². The van der Waals surface area contributed by atoms with Crippen molar-refractivity contribution in [2.75, 3.05) is 0 Å². The number of ketones is 1. The number of benzene rings is 2. The second-order valence-corrected chi connectivity index (χ2v) is 16.4. The molecule has 0 radical (unpaired) electrons. The zero-order valence-electron chi connectivity index (χ0n) is 20.0. The molecule has 0 N–H and O–H groups in total. The lowest BCUT2D eigenvalue weighted by molar-refractivity contribution is -0.249. The zero-order valence-corrected chi connectivity index (χ0v) is 22.5. The molecule has 2 saturated heterocycles. The van der Waals surface area contributed by atoms with Crippen LogP contribution in [0.25, 0.3) is 0 Å². The van der Waals surface area contributed by atoms with E-state index >= 15 is 0 Å². The normalized spacial score (nSPS) is 32.0. The van der Waals surface area contributed by atoms with Gasteiger partial charge in [-0.05, 0) is 29.3 Å². The SMILES string of the molecule is CC1(C)OC2O[C@]3(CC(=O)C3(Cl)Cl)C(O[Si](c3ccccc3)(c3ccccc3)C(C)(C)C)[C@@H]2O1. The van der Waals surface area contributed by atoms with Crippen molar-refractivity contribution >= 4 is 47.7 Å². The molecule has 0 bridgehead atoms. The maximum atomic E-state index is 12.5. The lowest BCUT2D eigenvalue weighted by Crippen LogP contribution is -2.75. The van der Waals surface area contributed by atoms with Crippen LogP contribution in [0.4, 0.5) is 0 Å². The summed E-state index contributed by atoms with van der Waals surface area (Å²) in [5, 5.41) is 1.91. The molecular weight excluding hydrogens is 491 g/mol. The lowest BCUT2D eigenvalue weighted by Gasteiger charge is -2.54. The van der Waals surface area contributed by atoms with Gasteiger partial charge in [0.15, 0.2) is 17.9 Å². The molecule has 8 heteroatoms. The molecule has 2 aromatic carbocycles. The number of hydrogen-bond acceptors (Lipinski definition) is 5. The van der Waals surface area contributed by atoms with Gasteiger partial charge in [0, 0.05) is 6.42 Å². The Morgan fingerprint density at radius 2 is 1.44 bits per heavy atom. The predicted octanol–water partition coefficient (Wildman–Crippen LogP) is 4.32. The predicted molar refractivity (Wildman–Crippen MR) is 134 cm³/mol. The number of halogens is 2. The van der Waals surface area contributed by atoms with Crippen molar-refractivity contribution in [2.45, 2.75) is 80.3 Å². The fraction of sp³-hybridized carbons (Fsp3) is 0.500. The van der Waals surface area contributed by atoms with Gasteiger partial charge in [-0.15, -0.1) is 0 Å². The minimum atomic E-state index is -3.02. The summed E-state index contributed by atoms with van der Waals surface area (Å²) < 4.78 is 24.3. The van der Waals surface area contributed by atoms with Crippen LogP contribution >= 0.6 is 23.2 Å². The van der Waals surface area contributed by atoms with Gasteiger partial charge in [-0.2, -0.15) is 0 Å². The first-order chi connectivity index (χ1) is 15.8. The third-order valence-electron chi connectivity index (χ3n) is 7.20. The molecular formula is C26H30Cl2O5Si. The van der Waals surface area contributed by atoms with E-state index in [1.165, 1.54) is 0 Å². The second kappa shape index (κ2) is 7.87. The molecule has 2 aliphatic heterocycles. The van der Waals surface area contributed by atoms with Gasteiger partial charge in [-0.1, -0.05) is 105 Å². The highest BCUT2D eigenvalue weighted by Crippen LogP contribution is 2.60. The Hall–Kier alpha value is -1.25. The number of hydrogen-bond donors (Lipinski definition) is 0. The molecule has 2 heterocycles. The Morgan fingerprint density at radius 3 is 1.88 bits per heavy atom. The second-order valence-electron chi connectivity index (χ2n) is 10.9. The summed E-state index contributed by atoms with van der Waals surface area (Å²) >= 11 is 13.3. The van der Waals surface area contributed by atoms with E-state index in [0.717, 1.165) is 10.4 Å². The van der Waals surface area contributed by atoms with E-state index < -0.39 is 42.5 Å². The van der Waals surface area contributed by atoms with Crippen molar-refractivity contribution < 1.29 is 23.4 Å². The number of ether oxygens (including phenoxy) is 3. The molecule has 3 fully saturated rings. The van der Waals surface area contributed by atoms with Crippen molar-refractivity contribution in [3.63, 3.8) is 0 Å². The van der Waals surface area contributed by atoms with Crippen LogP contribution in [0, 0.1) is 0 Å². The first kappa shape index (κ1) is 24.4. The number of Topliss-reactive ketones (excluding diaryl/α,β-unsaturated/α-hetero) is 1. The third kappa shape index (κ3) is 3.38. The Labute approximate surface area is 211 Å². The van der Waals surface area contributed by atoms with Crippen molar-refractivity contribution in [2.24, 2.45) is 0 Å². The minimum Gasteiger partial charge on any atom is -0.398 e. The topological polar surface area (TPSA) is 54.0 Å². The van der Waals surface area contributed by atoms with Crippen LogP contribution < -0.4 is 10.4 Å². The highest BCUT2D eigenvalue weighted by atomic mass is 35.5. The number of fused-ring (bicyclic) bond motifs is 1. The number of carbonyl (C=O) groups is 1. The number of rotatable bonds is 4. The summed E-state index contributed by atoms with van der Waals surface area (Å²) in [6, 6.07) is 20.5.